The van der Waals surface area contributed by atoms with Crippen molar-refractivity contribution in [1.82, 2.24) is 14.3 Å². The van der Waals surface area contributed by atoms with Gasteiger partial charge in [0.05, 0.1) is 22.8 Å². The highest BCUT2D eigenvalue weighted by atomic mass is 32.1. The molecule has 9 heteroatoms. The minimum Gasteiger partial charge on any atom is -0.372 e. The largest absolute Gasteiger partial charge is 0.372 e. The number of aryl methyl sites for hydroxylation is 1. The molecule has 146 valence electrons. The topological polar surface area (TPSA) is 90.0 Å². The van der Waals surface area contributed by atoms with Crippen molar-refractivity contribution < 1.29 is 14.5 Å². The number of rotatable bonds is 3. The van der Waals surface area contributed by atoms with Crippen molar-refractivity contribution in [1.29, 1.82) is 0 Å². The molecule has 1 aliphatic heterocycles. The average Bonchev–Trinajstić information content (AvgIpc) is 3.20. The van der Waals surface area contributed by atoms with Gasteiger partial charge in [0, 0.05) is 42.7 Å². The number of morpholine rings is 1. The molecule has 1 aromatic carbocycles. The van der Waals surface area contributed by atoms with Crippen LogP contribution in [0.5, 0.6) is 0 Å². The molecule has 28 heavy (non-hydrogen) atoms. The molecule has 0 bridgehead atoms. The second-order valence-electron chi connectivity index (χ2n) is 7.07. The fourth-order valence-corrected chi connectivity index (χ4v) is 4.63. The smallest absolute Gasteiger partial charge is 0.270 e. The first-order valence-corrected chi connectivity index (χ1v) is 9.83. The molecule has 1 fully saturated rings. The Bertz CT molecular complexity index is 1060. The number of nitro benzene ring substituents is 1. The highest BCUT2D eigenvalue weighted by molar-refractivity contribution is 7.19. The molecule has 2 unspecified atom stereocenters. The van der Waals surface area contributed by atoms with Crippen molar-refractivity contribution in [2.24, 2.45) is 0 Å². The molecule has 4 rings (SSSR count). The number of aromatic nitrogens is 2. The van der Waals surface area contributed by atoms with E-state index in [2.05, 4.69) is 4.98 Å². The number of fused-ring (bicyclic) bond motifs is 1. The van der Waals surface area contributed by atoms with Gasteiger partial charge in [0.15, 0.2) is 4.96 Å². The van der Waals surface area contributed by atoms with Gasteiger partial charge in [0.1, 0.15) is 4.88 Å². The second kappa shape index (κ2) is 6.99. The van der Waals surface area contributed by atoms with Gasteiger partial charge < -0.3 is 9.64 Å². The molecule has 0 aliphatic carbocycles. The normalized spacial score (nSPS) is 19.9. The van der Waals surface area contributed by atoms with Crippen molar-refractivity contribution >= 4 is 27.9 Å². The minimum atomic E-state index is -0.422. The maximum Gasteiger partial charge on any atom is 0.270 e. The molecule has 0 spiro atoms. The van der Waals surface area contributed by atoms with E-state index in [0.29, 0.717) is 34.2 Å². The van der Waals surface area contributed by atoms with Crippen LogP contribution in [0.1, 0.15) is 29.2 Å². The Morgan fingerprint density at radius 1 is 1.32 bits per heavy atom. The van der Waals surface area contributed by atoms with Gasteiger partial charge in [-0.3, -0.25) is 19.3 Å². The Balaban J connectivity index is 1.66. The number of nitrogens with zero attached hydrogens (tertiary/aromatic N) is 4. The summed E-state index contributed by atoms with van der Waals surface area (Å²) in [5.41, 5.74) is 2.16. The lowest BCUT2D eigenvalue weighted by Crippen LogP contribution is -2.48. The molecule has 8 nitrogen and oxygen atoms in total. The van der Waals surface area contributed by atoms with Crippen LogP contribution in [0.25, 0.3) is 16.2 Å². The number of nitro groups is 1. The number of thiazole rings is 1. The lowest BCUT2D eigenvalue weighted by atomic mass is 10.1. The summed E-state index contributed by atoms with van der Waals surface area (Å²) in [6, 6.07) is 6.39. The van der Waals surface area contributed by atoms with E-state index in [1.165, 1.54) is 23.5 Å². The van der Waals surface area contributed by atoms with Crippen LogP contribution in [0.2, 0.25) is 0 Å². The van der Waals surface area contributed by atoms with Gasteiger partial charge in [0.25, 0.3) is 11.6 Å². The average molecular weight is 400 g/mol. The van der Waals surface area contributed by atoms with E-state index < -0.39 is 4.92 Å². The van der Waals surface area contributed by atoms with Crippen LogP contribution in [0, 0.1) is 17.0 Å². The van der Waals surface area contributed by atoms with Crippen molar-refractivity contribution in [2.45, 2.75) is 33.0 Å². The molecule has 1 saturated heterocycles. The fourth-order valence-electron chi connectivity index (χ4n) is 3.55. The SMILES string of the molecule is Cc1c(C(=O)N2CC(C)OC(C)C2)sc2nc(-c3cccc([N+](=O)[O-])c3)cn12. The highest BCUT2D eigenvalue weighted by Crippen LogP contribution is 2.30. The molecule has 3 heterocycles. The lowest BCUT2D eigenvalue weighted by Gasteiger charge is -2.35. The van der Waals surface area contributed by atoms with Crippen molar-refractivity contribution in [2.75, 3.05) is 13.1 Å². The quantitative estimate of drug-likeness (QED) is 0.496. The summed E-state index contributed by atoms with van der Waals surface area (Å²) in [7, 11) is 0. The Morgan fingerprint density at radius 2 is 2.04 bits per heavy atom. The number of benzene rings is 1. The number of non-ortho nitro benzene ring substituents is 1. The summed E-state index contributed by atoms with van der Waals surface area (Å²) in [4.78, 5) is 31.4. The Kier molecular flexibility index (Phi) is 4.64. The molecule has 1 amide bonds. The third-order valence-corrected chi connectivity index (χ3v) is 5.96. The van der Waals surface area contributed by atoms with Crippen LogP contribution in [-0.2, 0) is 4.74 Å². The number of ether oxygens (including phenoxy) is 1. The Labute approximate surface area is 165 Å². The van der Waals surface area contributed by atoms with E-state index in [0.717, 1.165) is 5.69 Å². The zero-order valence-corrected chi connectivity index (χ0v) is 16.6. The first kappa shape index (κ1) is 18.6. The first-order chi connectivity index (χ1) is 13.3. The molecule has 0 saturated carbocycles. The molecular weight excluding hydrogens is 380 g/mol. The van der Waals surface area contributed by atoms with Gasteiger partial charge in [-0.15, -0.1) is 0 Å². The highest BCUT2D eigenvalue weighted by Gasteiger charge is 2.29. The molecular formula is C19H20N4O4S. The monoisotopic (exact) mass is 400 g/mol. The zero-order valence-electron chi connectivity index (χ0n) is 15.8. The number of carbonyl (C=O) groups excluding carboxylic acids is 1. The Hall–Kier alpha value is -2.78. The van der Waals surface area contributed by atoms with Crippen LogP contribution in [0.15, 0.2) is 30.5 Å². The maximum absolute atomic E-state index is 13.0. The van der Waals surface area contributed by atoms with E-state index in [-0.39, 0.29) is 23.8 Å². The summed E-state index contributed by atoms with van der Waals surface area (Å²) >= 11 is 1.34. The molecule has 2 atom stereocenters. The third kappa shape index (κ3) is 3.27. The van der Waals surface area contributed by atoms with Gasteiger partial charge in [-0.05, 0) is 20.8 Å². The summed E-state index contributed by atoms with van der Waals surface area (Å²) in [5.74, 6) is -0.00750. The number of imidazole rings is 1. The van der Waals surface area contributed by atoms with E-state index in [1.54, 1.807) is 12.1 Å². The van der Waals surface area contributed by atoms with E-state index in [9.17, 15) is 14.9 Å². The fraction of sp³-hybridized carbons (Fsp3) is 0.368. The van der Waals surface area contributed by atoms with Crippen molar-refractivity contribution in [3.63, 3.8) is 0 Å². The summed E-state index contributed by atoms with van der Waals surface area (Å²) in [6.45, 7) is 6.97. The van der Waals surface area contributed by atoms with Crippen molar-refractivity contribution in [3.8, 4) is 11.3 Å². The molecule has 1 aliphatic rings. The van der Waals surface area contributed by atoms with Gasteiger partial charge in [-0.1, -0.05) is 23.5 Å². The summed E-state index contributed by atoms with van der Waals surface area (Å²) < 4.78 is 7.59. The Morgan fingerprint density at radius 3 is 2.68 bits per heavy atom. The predicted octanol–water partition coefficient (Wildman–Crippen LogP) is 3.53. The van der Waals surface area contributed by atoms with Crippen LogP contribution in [0.4, 0.5) is 5.69 Å². The first-order valence-electron chi connectivity index (χ1n) is 9.01. The van der Waals surface area contributed by atoms with Crippen LogP contribution in [-0.4, -0.2) is 50.4 Å². The van der Waals surface area contributed by atoms with Crippen molar-refractivity contribution in [3.05, 3.63) is 51.1 Å². The standard InChI is InChI=1S/C19H20N4O4S/c1-11-8-21(9-12(2)27-11)18(24)17-13(3)22-10-16(20-19(22)28-17)14-5-4-6-15(7-14)23(25)26/h4-7,10-12H,8-9H2,1-3H3. The van der Waals surface area contributed by atoms with Gasteiger partial charge in [0.2, 0.25) is 0 Å². The number of hydrogen-bond donors (Lipinski definition) is 0. The zero-order chi connectivity index (χ0) is 20.0. The molecule has 3 aromatic rings. The molecule has 2 aromatic heterocycles. The number of carbonyl (C=O) groups is 1. The maximum atomic E-state index is 13.0. The predicted molar refractivity (Wildman–Crippen MR) is 106 cm³/mol. The number of hydrogen-bond acceptors (Lipinski definition) is 6. The molecule has 0 N–H and O–H groups in total. The second-order valence-corrected chi connectivity index (χ2v) is 8.05. The van der Waals surface area contributed by atoms with Crippen LogP contribution in [0.3, 0.4) is 0 Å². The van der Waals surface area contributed by atoms with Crippen LogP contribution < -0.4 is 0 Å². The van der Waals surface area contributed by atoms with E-state index in [1.807, 2.05) is 36.3 Å². The van der Waals surface area contributed by atoms with Crippen LogP contribution >= 0.6 is 11.3 Å². The molecule has 0 radical (unpaired) electrons. The van der Waals surface area contributed by atoms with Gasteiger partial charge in [-0.2, -0.15) is 0 Å². The summed E-state index contributed by atoms with van der Waals surface area (Å²) in [5, 5.41) is 11.0. The van der Waals surface area contributed by atoms with E-state index in [4.69, 9.17) is 4.74 Å². The third-order valence-electron chi connectivity index (χ3n) is 4.81. The number of amides is 1. The van der Waals surface area contributed by atoms with E-state index >= 15 is 0 Å². The lowest BCUT2D eigenvalue weighted by molar-refractivity contribution is -0.384. The van der Waals surface area contributed by atoms with Gasteiger partial charge in [-0.25, -0.2) is 4.98 Å². The minimum absolute atomic E-state index is 0.00750. The summed E-state index contributed by atoms with van der Waals surface area (Å²) in [6.07, 6.45) is 1.84. The van der Waals surface area contributed by atoms with Gasteiger partial charge >= 0.3 is 0 Å².